The molecule has 1 aliphatic heterocycles. The predicted octanol–water partition coefficient (Wildman–Crippen LogP) is -0.320. The van der Waals surface area contributed by atoms with Crippen molar-refractivity contribution in [2.24, 2.45) is 0 Å². The average molecular weight is 240 g/mol. The zero-order valence-corrected chi connectivity index (χ0v) is 8.84. The molecule has 0 spiro atoms. The number of hydrogen-bond acceptors (Lipinski definition) is 5. The highest BCUT2D eigenvalue weighted by Crippen LogP contribution is 2.11. The van der Waals surface area contributed by atoms with E-state index in [-0.39, 0.29) is 12.3 Å². The summed E-state index contributed by atoms with van der Waals surface area (Å²) >= 11 is 1.28. The van der Waals surface area contributed by atoms with Gasteiger partial charge in [0.2, 0.25) is 5.91 Å². The third-order valence-corrected chi connectivity index (χ3v) is 2.62. The lowest BCUT2D eigenvalue weighted by Gasteiger charge is -2.05. The van der Waals surface area contributed by atoms with Crippen LogP contribution in [0.3, 0.4) is 0 Å². The van der Waals surface area contributed by atoms with Crippen molar-refractivity contribution in [1.82, 2.24) is 15.6 Å². The lowest BCUT2D eigenvalue weighted by molar-refractivity contribution is -0.124. The lowest BCUT2D eigenvalue weighted by atomic mass is 10.2. The molecule has 1 saturated heterocycles. The Balaban J connectivity index is 1.88. The molecule has 84 valence electrons. The first-order valence-electron chi connectivity index (χ1n) is 4.46. The van der Waals surface area contributed by atoms with Gasteiger partial charge in [-0.1, -0.05) is 0 Å². The van der Waals surface area contributed by atoms with Crippen molar-refractivity contribution in [3.63, 3.8) is 0 Å². The summed E-state index contributed by atoms with van der Waals surface area (Å²) < 4.78 is 0. The number of carbonyl (C=O) groups excluding carboxylic acids is 3. The van der Waals surface area contributed by atoms with Crippen LogP contribution in [0.25, 0.3) is 0 Å². The zero-order chi connectivity index (χ0) is 11.5. The van der Waals surface area contributed by atoms with Crippen molar-refractivity contribution in [1.29, 1.82) is 0 Å². The number of thiazole rings is 1. The minimum absolute atomic E-state index is 0.100. The molecule has 0 aromatic carbocycles. The van der Waals surface area contributed by atoms with E-state index in [1.54, 1.807) is 11.6 Å². The maximum atomic E-state index is 11.4. The molecule has 0 saturated carbocycles. The first-order valence-corrected chi connectivity index (χ1v) is 5.34. The van der Waals surface area contributed by atoms with Gasteiger partial charge in [-0.15, -0.1) is 11.3 Å². The number of anilines is 1. The topological polar surface area (TPSA) is 100 Å². The van der Waals surface area contributed by atoms with Crippen LogP contribution in [0, 0.1) is 0 Å². The smallest absolute Gasteiger partial charge is 0.322 e. The Hall–Kier alpha value is -1.96. The number of carbonyl (C=O) groups is 3. The molecule has 7 nitrogen and oxygen atoms in total. The minimum Gasteiger partial charge on any atom is -0.325 e. The third-order valence-electron chi connectivity index (χ3n) is 1.93. The van der Waals surface area contributed by atoms with Crippen LogP contribution in [0.5, 0.6) is 0 Å². The summed E-state index contributed by atoms with van der Waals surface area (Å²) in [4.78, 5) is 37.2. The van der Waals surface area contributed by atoms with Crippen molar-refractivity contribution in [3.05, 3.63) is 11.6 Å². The maximum absolute atomic E-state index is 11.4. The summed E-state index contributed by atoms with van der Waals surface area (Å²) in [7, 11) is 0. The van der Waals surface area contributed by atoms with E-state index in [1.807, 2.05) is 5.32 Å². The van der Waals surface area contributed by atoms with E-state index in [9.17, 15) is 14.4 Å². The van der Waals surface area contributed by atoms with E-state index in [1.165, 1.54) is 11.3 Å². The van der Waals surface area contributed by atoms with Crippen LogP contribution in [0.1, 0.15) is 6.42 Å². The van der Waals surface area contributed by atoms with Crippen molar-refractivity contribution in [2.75, 3.05) is 5.32 Å². The van der Waals surface area contributed by atoms with Gasteiger partial charge in [0.1, 0.15) is 6.04 Å². The Morgan fingerprint density at radius 2 is 2.38 bits per heavy atom. The van der Waals surface area contributed by atoms with Gasteiger partial charge in [-0.25, -0.2) is 9.78 Å². The number of hydrogen-bond donors (Lipinski definition) is 3. The Kier molecular flexibility index (Phi) is 2.82. The van der Waals surface area contributed by atoms with Gasteiger partial charge in [-0.3, -0.25) is 14.9 Å². The molecule has 0 aliphatic carbocycles. The lowest BCUT2D eigenvalue weighted by Crippen LogP contribution is -2.33. The Morgan fingerprint density at radius 3 is 2.94 bits per heavy atom. The molecule has 1 aliphatic rings. The van der Waals surface area contributed by atoms with E-state index < -0.39 is 18.0 Å². The van der Waals surface area contributed by atoms with Crippen LogP contribution in [0.4, 0.5) is 9.93 Å². The predicted molar refractivity (Wildman–Crippen MR) is 55.8 cm³/mol. The fourth-order valence-electron chi connectivity index (χ4n) is 1.24. The van der Waals surface area contributed by atoms with Gasteiger partial charge in [0.05, 0.1) is 6.42 Å². The molecule has 2 rings (SSSR count). The summed E-state index contributed by atoms with van der Waals surface area (Å²) in [6, 6.07) is -1.37. The number of nitrogens with zero attached hydrogens (tertiary/aromatic N) is 1. The van der Waals surface area contributed by atoms with Gasteiger partial charge in [0, 0.05) is 11.6 Å². The molecule has 1 aromatic heterocycles. The molecule has 1 aromatic rings. The number of nitrogens with one attached hydrogen (secondary N) is 3. The van der Waals surface area contributed by atoms with Gasteiger partial charge >= 0.3 is 6.03 Å². The van der Waals surface area contributed by atoms with E-state index in [0.29, 0.717) is 5.13 Å². The molecule has 0 unspecified atom stereocenters. The number of imide groups is 1. The monoisotopic (exact) mass is 240 g/mol. The summed E-state index contributed by atoms with van der Waals surface area (Å²) in [5, 5.41) is 9.10. The molecule has 1 atom stereocenters. The highest BCUT2D eigenvalue weighted by Gasteiger charge is 2.31. The number of rotatable bonds is 3. The number of amides is 4. The zero-order valence-electron chi connectivity index (χ0n) is 8.02. The fraction of sp³-hybridized carbons (Fsp3) is 0.250. The molecule has 0 radical (unpaired) electrons. The number of aromatic nitrogens is 1. The first kappa shape index (κ1) is 10.6. The van der Waals surface area contributed by atoms with Gasteiger partial charge in [0.15, 0.2) is 5.13 Å². The van der Waals surface area contributed by atoms with E-state index in [2.05, 4.69) is 15.6 Å². The van der Waals surface area contributed by atoms with Crippen molar-refractivity contribution in [3.8, 4) is 0 Å². The second kappa shape index (κ2) is 4.27. The van der Waals surface area contributed by atoms with Crippen LogP contribution < -0.4 is 16.0 Å². The molecule has 3 N–H and O–H groups in total. The quantitative estimate of drug-likeness (QED) is 0.630. The molecule has 0 bridgehead atoms. The second-order valence-electron chi connectivity index (χ2n) is 3.10. The summed E-state index contributed by atoms with van der Waals surface area (Å²) in [6.45, 7) is 0. The summed E-state index contributed by atoms with van der Waals surface area (Å²) in [5.74, 6) is -0.850. The van der Waals surface area contributed by atoms with Crippen LogP contribution in [0.15, 0.2) is 11.6 Å². The minimum atomic E-state index is -0.799. The van der Waals surface area contributed by atoms with E-state index in [0.717, 1.165) is 0 Å². The third kappa shape index (κ3) is 2.34. The van der Waals surface area contributed by atoms with Crippen LogP contribution >= 0.6 is 11.3 Å². The molecular formula is C8H8N4O3S. The van der Waals surface area contributed by atoms with E-state index in [4.69, 9.17) is 0 Å². The van der Waals surface area contributed by atoms with Crippen molar-refractivity contribution in [2.45, 2.75) is 12.5 Å². The molecule has 2 heterocycles. The normalized spacial score (nSPS) is 19.1. The van der Waals surface area contributed by atoms with Crippen LogP contribution in [-0.2, 0) is 9.59 Å². The van der Waals surface area contributed by atoms with Gasteiger partial charge in [-0.2, -0.15) is 0 Å². The van der Waals surface area contributed by atoms with Crippen molar-refractivity contribution >= 4 is 34.3 Å². The maximum Gasteiger partial charge on any atom is 0.322 e. The average Bonchev–Trinajstić information content (AvgIpc) is 2.78. The largest absolute Gasteiger partial charge is 0.325 e. The van der Waals surface area contributed by atoms with Crippen LogP contribution in [0.2, 0.25) is 0 Å². The summed E-state index contributed by atoms with van der Waals surface area (Å²) in [5.41, 5.74) is 0. The van der Waals surface area contributed by atoms with E-state index >= 15 is 0 Å². The molecule has 16 heavy (non-hydrogen) atoms. The Bertz CT molecular complexity index is 431. The molecule has 4 amide bonds. The Labute approximate surface area is 94.2 Å². The Morgan fingerprint density at radius 1 is 1.56 bits per heavy atom. The van der Waals surface area contributed by atoms with Crippen LogP contribution in [-0.4, -0.2) is 28.9 Å². The van der Waals surface area contributed by atoms with Gasteiger partial charge in [-0.05, 0) is 0 Å². The van der Waals surface area contributed by atoms with Gasteiger partial charge in [0.25, 0.3) is 5.91 Å². The number of urea groups is 1. The summed E-state index contributed by atoms with van der Waals surface area (Å²) in [6.07, 6.45) is 1.46. The van der Waals surface area contributed by atoms with Crippen molar-refractivity contribution < 1.29 is 14.4 Å². The SMILES string of the molecule is O=C(C[C@H]1NC(=O)NC1=O)Nc1nccs1. The standard InChI is InChI=1S/C8H8N4O3S/c13-5(11-8-9-1-2-16-8)3-4-6(14)12-7(15)10-4/h1-2,4H,3H2,(H,9,11,13)(H2,10,12,14,15)/t4-/m1/s1. The highest BCUT2D eigenvalue weighted by molar-refractivity contribution is 7.13. The molecule has 8 heteroatoms. The van der Waals surface area contributed by atoms with Gasteiger partial charge < -0.3 is 10.6 Å². The fourth-order valence-corrected chi connectivity index (χ4v) is 1.79. The molecule has 1 fully saturated rings. The molecular weight excluding hydrogens is 232 g/mol. The highest BCUT2D eigenvalue weighted by atomic mass is 32.1. The first-order chi connectivity index (χ1) is 7.65. The second-order valence-corrected chi connectivity index (χ2v) is 4.00.